The number of carboxylic acid groups (broad SMARTS) is 1. The van der Waals surface area contributed by atoms with Crippen LogP contribution in [0.15, 0.2) is 140 Å². The predicted octanol–water partition coefficient (Wildman–Crippen LogP) is 6.12. The van der Waals surface area contributed by atoms with Gasteiger partial charge in [0, 0.05) is 26.1 Å². The van der Waals surface area contributed by atoms with Crippen LogP contribution in [0, 0.1) is 0 Å². The van der Waals surface area contributed by atoms with E-state index in [0.717, 1.165) is 43.8 Å². The maximum absolute atomic E-state index is 14.2. The zero-order chi connectivity index (χ0) is 36.5. The van der Waals surface area contributed by atoms with Gasteiger partial charge in [-0.25, -0.2) is 9.59 Å². The Bertz CT molecular complexity index is 1880. The molecule has 0 heterocycles. The molecule has 1 aliphatic rings. The van der Waals surface area contributed by atoms with Crippen molar-refractivity contribution >= 4 is 24.0 Å². The van der Waals surface area contributed by atoms with Gasteiger partial charge in [-0.3, -0.25) is 9.59 Å². The topological polar surface area (TPSA) is 137 Å². The van der Waals surface area contributed by atoms with Crippen LogP contribution < -0.4 is 16.0 Å². The first-order chi connectivity index (χ1) is 25.3. The van der Waals surface area contributed by atoms with E-state index in [0.29, 0.717) is 0 Å². The van der Waals surface area contributed by atoms with Crippen molar-refractivity contribution in [3.8, 4) is 11.1 Å². The average molecular weight is 697 g/mol. The van der Waals surface area contributed by atoms with Crippen molar-refractivity contribution in [1.82, 2.24) is 20.9 Å². The molecule has 0 saturated heterocycles. The molecule has 4 amide bonds. The summed E-state index contributed by atoms with van der Waals surface area (Å²) in [4.78, 5) is 53.6. The second-order valence-corrected chi connectivity index (χ2v) is 12.6. The Morgan fingerprint density at radius 2 is 1.17 bits per heavy atom. The van der Waals surface area contributed by atoms with E-state index in [-0.39, 0.29) is 25.6 Å². The third-order valence-corrected chi connectivity index (χ3v) is 9.36. The molecule has 10 nitrogen and oxygen atoms in total. The molecule has 1 atom stereocenters. The fraction of sp³-hybridized carbons (Fsp3) is 0.190. The first-order valence-electron chi connectivity index (χ1n) is 17.1. The SMILES string of the molecule is CN(CCNC(=O)[C@@H](CC(=O)NC(c1ccccc1)(c1ccccc1)c1ccccc1)NC(=O)OCC1c2ccccc2-c2ccccc21)C(=O)O. The summed E-state index contributed by atoms with van der Waals surface area (Å²) in [6, 6.07) is 43.2. The smallest absolute Gasteiger partial charge is 0.407 e. The molecular weight excluding hydrogens is 656 g/mol. The summed E-state index contributed by atoms with van der Waals surface area (Å²) in [6.07, 6.45) is -2.45. The molecule has 5 aromatic rings. The molecule has 0 radical (unpaired) electrons. The van der Waals surface area contributed by atoms with Gasteiger partial charge < -0.3 is 30.7 Å². The Kier molecular flexibility index (Phi) is 10.9. The van der Waals surface area contributed by atoms with Gasteiger partial charge >= 0.3 is 12.2 Å². The van der Waals surface area contributed by atoms with Gasteiger partial charge in [0.25, 0.3) is 0 Å². The van der Waals surface area contributed by atoms with Crippen molar-refractivity contribution in [2.45, 2.75) is 23.9 Å². The van der Waals surface area contributed by atoms with Crippen LogP contribution >= 0.6 is 0 Å². The molecule has 6 rings (SSSR count). The van der Waals surface area contributed by atoms with E-state index in [4.69, 9.17) is 4.74 Å². The van der Waals surface area contributed by atoms with Crippen molar-refractivity contribution in [3.05, 3.63) is 167 Å². The molecule has 4 N–H and O–H groups in total. The molecule has 0 aliphatic heterocycles. The van der Waals surface area contributed by atoms with E-state index in [1.165, 1.54) is 7.05 Å². The number of likely N-dealkylation sites (N-methyl/N-ethyl adjacent to an activating group) is 1. The lowest BCUT2D eigenvalue weighted by molar-refractivity contribution is -0.128. The van der Waals surface area contributed by atoms with Gasteiger partial charge in [-0.05, 0) is 38.9 Å². The number of amides is 4. The van der Waals surface area contributed by atoms with E-state index < -0.39 is 42.0 Å². The number of hydrogen-bond acceptors (Lipinski definition) is 5. The van der Waals surface area contributed by atoms with Crippen LogP contribution in [0.1, 0.15) is 40.2 Å². The van der Waals surface area contributed by atoms with Gasteiger partial charge in [0.1, 0.15) is 18.2 Å². The van der Waals surface area contributed by atoms with Crippen molar-refractivity contribution < 1.29 is 29.0 Å². The van der Waals surface area contributed by atoms with Crippen molar-refractivity contribution in [1.29, 1.82) is 0 Å². The van der Waals surface area contributed by atoms with E-state index in [1.54, 1.807) is 0 Å². The van der Waals surface area contributed by atoms with Gasteiger partial charge in [0.15, 0.2) is 0 Å². The van der Waals surface area contributed by atoms with Crippen LogP contribution in [0.2, 0.25) is 0 Å². The van der Waals surface area contributed by atoms with Crippen LogP contribution in [-0.2, 0) is 19.9 Å². The first-order valence-corrected chi connectivity index (χ1v) is 17.1. The summed E-state index contributed by atoms with van der Waals surface area (Å²) in [5, 5.41) is 17.8. The maximum Gasteiger partial charge on any atom is 0.407 e. The molecule has 0 bridgehead atoms. The second-order valence-electron chi connectivity index (χ2n) is 12.6. The molecule has 0 unspecified atom stereocenters. The summed E-state index contributed by atoms with van der Waals surface area (Å²) >= 11 is 0. The monoisotopic (exact) mass is 696 g/mol. The second kappa shape index (κ2) is 16.1. The molecule has 1 aliphatic carbocycles. The standard InChI is InChI=1S/C42H40N4O6/c1-46(41(50)51)26-25-43-39(48)37(44-40(49)52-28-36-34-23-13-11-21-32(34)33-22-12-14-24-35(33)36)27-38(47)45-42(29-15-5-2-6-16-29,30-17-7-3-8-18-30)31-19-9-4-10-20-31/h2-24,36-37H,25-28H2,1H3,(H,43,48)(H,44,49)(H,45,47)(H,50,51)/t37-/m1/s1. The van der Waals surface area contributed by atoms with Gasteiger partial charge in [0.2, 0.25) is 11.8 Å². The van der Waals surface area contributed by atoms with Gasteiger partial charge in [0.05, 0.1) is 6.42 Å². The largest absolute Gasteiger partial charge is 0.465 e. The van der Waals surface area contributed by atoms with E-state index in [1.807, 2.05) is 140 Å². The van der Waals surface area contributed by atoms with Crippen LogP contribution in [0.3, 0.4) is 0 Å². The molecule has 52 heavy (non-hydrogen) atoms. The van der Waals surface area contributed by atoms with Crippen LogP contribution in [-0.4, -0.2) is 66.8 Å². The fourth-order valence-corrected chi connectivity index (χ4v) is 6.78. The number of fused-ring (bicyclic) bond motifs is 3. The third-order valence-electron chi connectivity index (χ3n) is 9.36. The quantitative estimate of drug-likeness (QED) is 0.110. The lowest BCUT2D eigenvalue weighted by Crippen LogP contribution is -2.53. The summed E-state index contributed by atoms with van der Waals surface area (Å²) in [7, 11) is 1.38. The highest BCUT2D eigenvalue weighted by Crippen LogP contribution is 2.44. The summed E-state index contributed by atoms with van der Waals surface area (Å²) in [5.41, 5.74) is 5.46. The number of hydrogen-bond donors (Lipinski definition) is 4. The van der Waals surface area contributed by atoms with E-state index in [9.17, 15) is 24.3 Å². The number of ether oxygens (including phenoxy) is 1. The number of benzene rings is 5. The number of carbonyl (C=O) groups excluding carboxylic acids is 3. The van der Waals surface area contributed by atoms with E-state index >= 15 is 0 Å². The zero-order valence-corrected chi connectivity index (χ0v) is 28.7. The molecule has 0 fully saturated rings. The van der Waals surface area contributed by atoms with Crippen molar-refractivity contribution in [3.63, 3.8) is 0 Å². The van der Waals surface area contributed by atoms with Gasteiger partial charge in [-0.2, -0.15) is 0 Å². The number of nitrogens with zero attached hydrogens (tertiary/aromatic N) is 1. The van der Waals surface area contributed by atoms with Crippen LogP contribution in [0.5, 0.6) is 0 Å². The fourth-order valence-electron chi connectivity index (χ4n) is 6.78. The minimum atomic E-state index is -1.34. The molecule has 0 aromatic heterocycles. The normalized spacial score (nSPS) is 12.5. The molecule has 264 valence electrons. The Balaban J connectivity index is 1.25. The van der Waals surface area contributed by atoms with Gasteiger partial charge in [-0.1, -0.05) is 140 Å². The Morgan fingerprint density at radius 3 is 1.65 bits per heavy atom. The number of alkyl carbamates (subject to hydrolysis) is 1. The summed E-state index contributed by atoms with van der Waals surface area (Å²) in [5.74, 6) is -1.38. The highest BCUT2D eigenvalue weighted by atomic mass is 16.5. The first kappa shape index (κ1) is 35.4. The number of rotatable bonds is 13. The molecular formula is C42H40N4O6. The molecule has 10 heteroatoms. The van der Waals surface area contributed by atoms with Crippen molar-refractivity contribution in [2.75, 3.05) is 26.7 Å². The lowest BCUT2D eigenvalue weighted by Gasteiger charge is -2.37. The Morgan fingerprint density at radius 1 is 0.712 bits per heavy atom. The molecule has 0 spiro atoms. The van der Waals surface area contributed by atoms with Crippen molar-refractivity contribution in [2.24, 2.45) is 0 Å². The van der Waals surface area contributed by atoms with Crippen LogP contribution in [0.4, 0.5) is 9.59 Å². The summed E-state index contributed by atoms with van der Waals surface area (Å²) in [6.45, 7) is -0.0128. The number of nitrogens with one attached hydrogen (secondary N) is 3. The third kappa shape index (κ3) is 7.66. The van der Waals surface area contributed by atoms with Gasteiger partial charge in [-0.15, -0.1) is 0 Å². The highest BCUT2D eigenvalue weighted by Gasteiger charge is 2.39. The van der Waals surface area contributed by atoms with E-state index in [2.05, 4.69) is 16.0 Å². The highest BCUT2D eigenvalue weighted by molar-refractivity contribution is 5.91. The average Bonchev–Trinajstić information content (AvgIpc) is 3.50. The molecule has 0 saturated carbocycles. The summed E-state index contributed by atoms with van der Waals surface area (Å²) < 4.78 is 5.74. The minimum Gasteiger partial charge on any atom is -0.465 e. The maximum atomic E-state index is 14.2. The number of carbonyl (C=O) groups is 4. The predicted molar refractivity (Wildman–Crippen MR) is 198 cm³/mol. The zero-order valence-electron chi connectivity index (χ0n) is 28.7. The van der Waals surface area contributed by atoms with Crippen LogP contribution in [0.25, 0.3) is 11.1 Å². The minimum absolute atomic E-state index is 0.00403. The Hall–Kier alpha value is -6.42. The molecule has 5 aromatic carbocycles. The Labute approximate surface area is 302 Å². The lowest BCUT2D eigenvalue weighted by atomic mass is 9.77.